The Morgan fingerprint density at radius 1 is 1.42 bits per heavy atom. The number of rotatable bonds is 4. The van der Waals surface area contributed by atoms with Gasteiger partial charge in [0.15, 0.2) is 0 Å². The molecule has 3 N–H and O–H groups in total. The van der Waals surface area contributed by atoms with Crippen molar-refractivity contribution in [3.63, 3.8) is 0 Å². The van der Waals surface area contributed by atoms with E-state index in [-0.39, 0.29) is 5.91 Å². The minimum atomic E-state index is -0.0427. The molecule has 2 rings (SSSR count). The van der Waals surface area contributed by atoms with Crippen molar-refractivity contribution >= 4 is 11.6 Å². The Bertz CT molecular complexity index is 439. The predicted molar refractivity (Wildman–Crippen MR) is 78.7 cm³/mol. The van der Waals surface area contributed by atoms with Crippen LogP contribution in [0.5, 0.6) is 0 Å². The Labute approximate surface area is 115 Å². The average molecular weight is 261 g/mol. The standard InChI is InChI=1S/C15H23N3O/c1-11-6-7-12(15(19)16-2)9-14(11)18-10-13-5-3-4-8-17-13/h6-7,9,13,17-18H,3-5,8,10H2,1-2H3,(H,16,19). The van der Waals surface area contributed by atoms with Gasteiger partial charge in [-0.15, -0.1) is 0 Å². The summed E-state index contributed by atoms with van der Waals surface area (Å²) in [5.74, 6) is -0.0427. The Balaban J connectivity index is 2.00. The minimum Gasteiger partial charge on any atom is -0.383 e. The van der Waals surface area contributed by atoms with Crippen LogP contribution in [0.2, 0.25) is 0 Å². The van der Waals surface area contributed by atoms with Crippen molar-refractivity contribution in [1.82, 2.24) is 10.6 Å². The third kappa shape index (κ3) is 3.70. The normalized spacial score (nSPS) is 18.9. The number of piperidine rings is 1. The summed E-state index contributed by atoms with van der Waals surface area (Å²) in [6.07, 6.45) is 3.81. The number of aryl methyl sites for hydroxylation is 1. The van der Waals surface area contributed by atoms with Gasteiger partial charge in [-0.25, -0.2) is 0 Å². The van der Waals surface area contributed by atoms with Gasteiger partial charge in [0.05, 0.1) is 0 Å². The van der Waals surface area contributed by atoms with Crippen LogP contribution in [-0.4, -0.2) is 32.1 Å². The van der Waals surface area contributed by atoms with Crippen molar-refractivity contribution in [2.75, 3.05) is 25.5 Å². The zero-order valence-corrected chi connectivity index (χ0v) is 11.8. The molecule has 1 fully saturated rings. The highest BCUT2D eigenvalue weighted by atomic mass is 16.1. The highest BCUT2D eigenvalue weighted by molar-refractivity contribution is 5.95. The molecule has 1 aliphatic heterocycles. The molecule has 0 spiro atoms. The zero-order chi connectivity index (χ0) is 13.7. The molecule has 1 aliphatic rings. The van der Waals surface area contributed by atoms with Gasteiger partial charge < -0.3 is 16.0 Å². The molecular weight excluding hydrogens is 238 g/mol. The lowest BCUT2D eigenvalue weighted by molar-refractivity contribution is 0.0963. The van der Waals surface area contributed by atoms with Gasteiger partial charge in [0.25, 0.3) is 5.91 Å². The molecule has 4 nitrogen and oxygen atoms in total. The number of hydrogen-bond acceptors (Lipinski definition) is 3. The topological polar surface area (TPSA) is 53.2 Å². The van der Waals surface area contributed by atoms with Gasteiger partial charge in [-0.3, -0.25) is 4.79 Å². The molecule has 1 amide bonds. The van der Waals surface area contributed by atoms with E-state index < -0.39 is 0 Å². The van der Waals surface area contributed by atoms with Gasteiger partial charge in [-0.1, -0.05) is 12.5 Å². The van der Waals surface area contributed by atoms with Crippen LogP contribution in [0.3, 0.4) is 0 Å². The smallest absolute Gasteiger partial charge is 0.251 e. The fourth-order valence-electron chi connectivity index (χ4n) is 2.43. The molecule has 4 heteroatoms. The second kappa shape index (κ2) is 6.57. The van der Waals surface area contributed by atoms with Gasteiger partial charge in [0, 0.05) is 30.9 Å². The largest absolute Gasteiger partial charge is 0.383 e. The molecule has 1 aromatic rings. The van der Waals surface area contributed by atoms with E-state index in [4.69, 9.17) is 0 Å². The third-order valence-corrected chi connectivity index (χ3v) is 3.68. The maximum absolute atomic E-state index is 11.6. The lowest BCUT2D eigenvalue weighted by Crippen LogP contribution is -2.39. The molecule has 19 heavy (non-hydrogen) atoms. The molecule has 104 valence electrons. The van der Waals surface area contributed by atoms with Gasteiger partial charge in [0.1, 0.15) is 0 Å². The van der Waals surface area contributed by atoms with E-state index in [1.807, 2.05) is 18.2 Å². The van der Waals surface area contributed by atoms with Crippen molar-refractivity contribution in [2.45, 2.75) is 32.2 Å². The van der Waals surface area contributed by atoms with Crippen molar-refractivity contribution in [3.8, 4) is 0 Å². The van der Waals surface area contributed by atoms with E-state index in [0.717, 1.165) is 18.8 Å². The molecule has 1 heterocycles. The minimum absolute atomic E-state index is 0.0427. The van der Waals surface area contributed by atoms with Crippen LogP contribution >= 0.6 is 0 Å². The summed E-state index contributed by atoms with van der Waals surface area (Å²) in [5, 5.41) is 9.63. The maximum atomic E-state index is 11.6. The molecule has 1 aromatic carbocycles. The Morgan fingerprint density at radius 3 is 2.95 bits per heavy atom. The van der Waals surface area contributed by atoms with Crippen LogP contribution in [0.1, 0.15) is 35.2 Å². The number of amides is 1. The lowest BCUT2D eigenvalue weighted by Gasteiger charge is -2.24. The van der Waals surface area contributed by atoms with E-state index in [9.17, 15) is 4.79 Å². The van der Waals surface area contributed by atoms with Crippen molar-refractivity contribution in [3.05, 3.63) is 29.3 Å². The summed E-state index contributed by atoms with van der Waals surface area (Å²) < 4.78 is 0. The summed E-state index contributed by atoms with van der Waals surface area (Å²) >= 11 is 0. The van der Waals surface area contributed by atoms with Gasteiger partial charge in [-0.05, 0) is 44.0 Å². The van der Waals surface area contributed by atoms with Gasteiger partial charge in [0.2, 0.25) is 0 Å². The van der Waals surface area contributed by atoms with Crippen LogP contribution in [0, 0.1) is 6.92 Å². The molecule has 0 aliphatic carbocycles. The van der Waals surface area contributed by atoms with E-state index >= 15 is 0 Å². The maximum Gasteiger partial charge on any atom is 0.251 e. The van der Waals surface area contributed by atoms with Crippen molar-refractivity contribution in [1.29, 1.82) is 0 Å². The van der Waals surface area contributed by atoms with E-state index in [2.05, 4.69) is 22.9 Å². The lowest BCUT2D eigenvalue weighted by atomic mass is 10.0. The Morgan fingerprint density at radius 2 is 2.26 bits per heavy atom. The third-order valence-electron chi connectivity index (χ3n) is 3.68. The number of nitrogens with one attached hydrogen (secondary N) is 3. The highest BCUT2D eigenvalue weighted by Crippen LogP contribution is 2.17. The summed E-state index contributed by atoms with van der Waals surface area (Å²) in [6.45, 7) is 4.09. The van der Waals surface area contributed by atoms with Gasteiger partial charge >= 0.3 is 0 Å². The molecule has 0 saturated carbocycles. The fourth-order valence-corrected chi connectivity index (χ4v) is 2.43. The first-order valence-corrected chi connectivity index (χ1v) is 7.00. The molecule has 0 radical (unpaired) electrons. The second-order valence-electron chi connectivity index (χ2n) is 5.14. The van der Waals surface area contributed by atoms with E-state index in [0.29, 0.717) is 11.6 Å². The van der Waals surface area contributed by atoms with Crippen molar-refractivity contribution in [2.24, 2.45) is 0 Å². The molecule has 1 unspecified atom stereocenters. The zero-order valence-electron chi connectivity index (χ0n) is 11.8. The van der Waals surface area contributed by atoms with Crippen molar-refractivity contribution < 1.29 is 4.79 Å². The molecule has 0 bridgehead atoms. The molecule has 1 atom stereocenters. The monoisotopic (exact) mass is 261 g/mol. The SMILES string of the molecule is CNC(=O)c1ccc(C)c(NCC2CCCCN2)c1. The van der Waals surface area contributed by atoms with Crippen LogP contribution in [0.4, 0.5) is 5.69 Å². The summed E-state index contributed by atoms with van der Waals surface area (Å²) in [6, 6.07) is 6.31. The summed E-state index contributed by atoms with van der Waals surface area (Å²) in [4.78, 5) is 11.6. The average Bonchev–Trinajstić information content (AvgIpc) is 2.46. The number of hydrogen-bond donors (Lipinski definition) is 3. The molecular formula is C15H23N3O. The van der Waals surface area contributed by atoms with Crippen LogP contribution in [-0.2, 0) is 0 Å². The molecule has 0 aromatic heterocycles. The van der Waals surface area contributed by atoms with E-state index in [1.165, 1.54) is 24.8 Å². The van der Waals surface area contributed by atoms with E-state index in [1.54, 1.807) is 7.05 Å². The Hall–Kier alpha value is -1.55. The second-order valence-corrected chi connectivity index (χ2v) is 5.14. The quantitative estimate of drug-likeness (QED) is 0.776. The van der Waals surface area contributed by atoms with Crippen LogP contribution in [0.15, 0.2) is 18.2 Å². The van der Waals surface area contributed by atoms with Crippen LogP contribution in [0.25, 0.3) is 0 Å². The fraction of sp³-hybridized carbons (Fsp3) is 0.533. The number of carbonyl (C=O) groups is 1. The number of anilines is 1. The molecule has 1 saturated heterocycles. The summed E-state index contributed by atoms with van der Waals surface area (Å²) in [7, 11) is 1.65. The highest BCUT2D eigenvalue weighted by Gasteiger charge is 2.13. The first kappa shape index (κ1) is 13.9. The predicted octanol–water partition coefficient (Wildman–Crippen LogP) is 1.91. The van der Waals surface area contributed by atoms with Gasteiger partial charge in [-0.2, -0.15) is 0 Å². The first-order chi connectivity index (χ1) is 9.20. The van der Waals surface area contributed by atoms with Crippen LogP contribution < -0.4 is 16.0 Å². The first-order valence-electron chi connectivity index (χ1n) is 7.00. The number of benzene rings is 1. The Kier molecular flexibility index (Phi) is 4.80. The summed E-state index contributed by atoms with van der Waals surface area (Å²) in [5.41, 5.74) is 2.92. The number of carbonyl (C=O) groups excluding carboxylic acids is 1.